The standard InChI is InChI=1S/C17H16ClFN2O2/c18-11-4-3-10(14(19)8-11)9-21-17(23)13-5-6-15(22)16-12(13)2-1-7-20-16/h1-4,7-8,13,15,22H,5-6,9H2,(H,21,23)/t13-,15-/m1/s1. The lowest BCUT2D eigenvalue weighted by molar-refractivity contribution is -0.123. The molecule has 1 amide bonds. The van der Waals surface area contributed by atoms with Gasteiger partial charge < -0.3 is 10.4 Å². The van der Waals surface area contributed by atoms with Gasteiger partial charge >= 0.3 is 0 Å². The summed E-state index contributed by atoms with van der Waals surface area (Å²) in [5.41, 5.74) is 1.67. The summed E-state index contributed by atoms with van der Waals surface area (Å²) in [7, 11) is 0. The number of nitrogens with one attached hydrogen (secondary N) is 1. The van der Waals surface area contributed by atoms with Crippen LogP contribution in [0.1, 0.15) is 41.7 Å². The van der Waals surface area contributed by atoms with Crippen molar-refractivity contribution in [3.8, 4) is 0 Å². The van der Waals surface area contributed by atoms with Crippen molar-refractivity contribution < 1.29 is 14.3 Å². The minimum atomic E-state index is -0.635. The fourth-order valence-electron chi connectivity index (χ4n) is 2.86. The Morgan fingerprint density at radius 3 is 3.00 bits per heavy atom. The topological polar surface area (TPSA) is 62.2 Å². The van der Waals surface area contributed by atoms with Crippen LogP contribution in [-0.4, -0.2) is 16.0 Å². The summed E-state index contributed by atoms with van der Waals surface area (Å²) in [5.74, 6) is -1.02. The van der Waals surface area contributed by atoms with E-state index in [1.54, 1.807) is 30.5 Å². The molecule has 4 nitrogen and oxygen atoms in total. The molecule has 2 aromatic rings. The van der Waals surface area contributed by atoms with Crippen molar-refractivity contribution in [2.45, 2.75) is 31.4 Å². The molecule has 0 spiro atoms. The maximum absolute atomic E-state index is 13.8. The molecule has 1 heterocycles. The zero-order chi connectivity index (χ0) is 16.4. The summed E-state index contributed by atoms with van der Waals surface area (Å²) in [6.45, 7) is 0.0937. The third kappa shape index (κ3) is 3.35. The molecule has 6 heteroatoms. The number of nitrogens with zero attached hydrogens (tertiary/aromatic N) is 1. The van der Waals surface area contributed by atoms with Gasteiger partial charge in [0.25, 0.3) is 0 Å². The Morgan fingerprint density at radius 1 is 1.39 bits per heavy atom. The van der Waals surface area contributed by atoms with Crippen molar-refractivity contribution in [2.24, 2.45) is 0 Å². The molecule has 1 aromatic carbocycles. The van der Waals surface area contributed by atoms with Gasteiger partial charge in [-0.05, 0) is 36.6 Å². The zero-order valence-electron chi connectivity index (χ0n) is 12.3. The Kier molecular flexibility index (Phi) is 4.59. The molecule has 2 N–H and O–H groups in total. The van der Waals surface area contributed by atoms with Crippen LogP contribution < -0.4 is 5.32 Å². The summed E-state index contributed by atoms with van der Waals surface area (Å²) in [6, 6.07) is 7.91. The normalized spacial score (nSPS) is 20.0. The molecule has 120 valence electrons. The average molecular weight is 335 g/mol. The van der Waals surface area contributed by atoms with E-state index in [9.17, 15) is 14.3 Å². The van der Waals surface area contributed by atoms with Crippen LogP contribution in [0.15, 0.2) is 36.5 Å². The van der Waals surface area contributed by atoms with Crippen LogP contribution in [0.2, 0.25) is 5.02 Å². The molecule has 0 fully saturated rings. The van der Waals surface area contributed by atoms with Crippen LogP contribution >= 0.6 is 11.6 Å². The number of fused-ring (bicyclic) bond motifs is 1. The van der Waals surface area contributed by atoms with Gasteiger partial charge in [-0.25, -0.2) is 4.39 Å². The lowest BCUT2D eigenvalue weighted by Gasteiger charge is -2.27. The largest absolute Gasteiger partial charge is 0.387 e. The molecule has 3 rings (SSSR count). The molecule has 0 bridgehead atoms. The van der Waals surface area contributed by atoms with Gasteiger partial charge in [-0.1, -0.05) is 23.7 Å². The minimum Gasteiger partial charge on any atom is -0.387 e. The van der Waals surface area contributed by atoms with Crippen molar-refractivity contribution in [2.75, 3.05) is 0 Å². The highest BCUT2D eigenvalue weighted by atomic mass is 35.5. The van der Waals surface area contributed by atoms with Gasteiger partial charge in [-0.3, -0.25) is 9.78 Å². The lowest BCUT2D eigenvalue weighted by Crippen LogP contribution is -2.32. The quantitative estimate of drug-likeness (QED) is 0.906. The fraction of sp³-hybridized carbons (Fsp3) is 0.294. The van der Waals surface area contributed by atoms with Gasteiger partial charge in [-0.2, -0.15) is 0 Å². The highest BCUT2D eigenvalue weighted by molar-refractivity contribution is 6.30. The smallest absolute Gasteiger partial charge is 0.227 e. The number of amides is 1. The molecular weight excluding hydrogens is 319 g/mol. The van der Waals surface area contributed by atoms with Gasteiger partial charge in [0.1, 0.15) is 5.82 Å². The SMILES string of the molecule is O=C(NCc1ccc(Cl)cc1F)[C@@H]1CC[C@@H](O)c2ncccc21. The van der Waals surface area contributed by atoms with Gasteiger partial charge in [0.05, 0.1) is 17.7 Å². The molecule has 1 aliphatic rings. The maximum Gasteiger partial charge on any atom is 0.227 e. The number of hydrogen-bond donors (Lipinski definition) is 2. The molecule has 0 saturated heterocycles. The third-order valence-corrected chi connectivity index (χ3v) is 4.31. The Hall–Kier alpha value is -1.98. The monoisotopic (exact) mass is 334 g/mol. The molecule has 1 aliphatic carbocycles. The first-order chi connectivity index (χ1) is 11.1. The fourth-order valence-corrected chi connectivity index (χ4v) is 3.02. The number of pyridine rings is 1. The van der Waals surface area contributed by atoms with E-state index in [1.807, 2.05) is 0 Å². The number of aromatic nitrogens is 1. The second-order valence-electron chi connectivity index (χ2n) is 5.58. The molecular formula is C17H16ClFN2O2. The number of aliphatic hydroxyl groups excluding tert-OH is 1. The number of hydrogen-bond acceptors (Lipinski definition) is 3. The van der Waals surface area contributed by atoms with E-state index >= 15 is 0 Å². The van der Waals surface area contributed by atoms with E-state index in [0.29, 0.717) is 29.1 Å². The molecule has 0 radical (unpaired) electrons. The van der Waals surface area contributed by atoms with Crippen LogP contribution in [0, 0.1) is 5.82 Å². The average Bonchev–Trinajstić information content (AvgIpc) is 2.54. The zero-order valence-corrected chi connectivity index (χ0v) is 13.1. The van der Waals surface area contributed by atoms with E-state index in [0.717, 1.165) is 5.56 Å². The highest BCUT2D eigenvalue weighted by Crippen LogP contribution is 2.36. The van der Waals surface area contributed by atoms with Crippen molar-refractivity contribution in [3.63, 3.8) is 0 Å². The summed E-state index contributed by atoms with van der Waals surface area (Å²) in [6.07, 6.45) is 1.99. The van der Waals surface area contributed by atoms with Crippen LogP contribution in [0.5, 0.6) is 0 Å². The van der Waals surface area contributed by atoms with Crippen LogP contribution in [0.4, 0.5) is 4.39 Å². The lowest BCUT2D eigenvalue weighted by atomic mass is 9.83. The first-order valence-electron chi connectivity index (χ1n) is 7.41. The van der Waals surface area contributed by atoms with E-state index in [1.165, 1.54) is 6.07 Å². The number of rotatable bonds is 3. The minimum absolute atomic E-state index is 0.0937. The molecule has 2 atom stereocenters. The Balaban J connectivity index is 1.73. The Bertz CT molecular complexity index is 738. The predicted octanol–water partition coefficient (Wildman–Crippen LogP) is 3.10. The second kappa shape index (κ2) is 6.64. The summed E-state index contributed by atoms with van der Waals surface area (Å²) in [5, 5.41) is 13.0. The summed E-state index contributed by atoms with van der Waals surface area (Å²) >= 11 is 5.71. The predicted molar refractivity (Wildman–Crippen MR) is 84.4 cm³/mol. The highest BCUT2D eigenvalue weighted by Gasteiger charge is 2.31. The molecule has 0 aliphatic heterocycles. The Labute approximate surface area is 138 Å². The van der Waals surface area contributed by atoms with Crippen molar-refractivity contribution in [3.05, 3.63) is 64.2 Å². The summed E-state index contributed by atoms with van der Waals surface area (Å²) in [4.78, 5) is 16.6. The van der Waals surface area contributed by atoms with Gasteiger partial charge in [-0.15, -0.1) is 0 Å². The maximum atomic E-state index is 13.8. The van der Waals surface area contributed by atoms with E-state index in [4.69, 9.17) is 11.6 Å². The first kappa shape index (κ1) is 15.9. The van der Waals surface area contributed by atoms with Crippen molar-refractivity contribution in [1.82, 2.24) is 10.3 Å². The first-order valence-corrected chi connectivity index (χ1v) is 7.78. The Morgan fingerprint density at radius 2 is 2.22 bits per heavy atom. The number of benzene rings is 1. The molecule has 0 saturated carbocycles. The number of aliphatic hydroxyl groups is 1. The van der Waals surface area contributed by atoms with Gasteiger partial charge in [0.15, 0.2) is 0 Å². The van der Waals surface area contributed by atoms with Crippen molar-refractivity contribution in [1.29, 1.82) is 0 Å². The summed E-state index contributed by atoms with van der Waals surface area (Å²) < 4.78 is 13.8. The van der Waals surface area contributed by atoms with Crippen LogP contribution in [0.25, 0.3) is 0 Å². The molecule has 0 unspecified atom stereocenters. The van der Waals surface area contributed by atoms with Gasteiger partial charge in [0, 0.05) is 23.3 Å². The van der Waals surface area contributed by atoms with Gasteiger partial charge in [0.2, 0.25) is 5.91 Å². The van der Waals surface area contributed by atoms with E-state index < -0.39 is 11.9 Å². The van der Waals surface area contributed by atoms with Crippen molar-refractivity contribution >= 4 is 17.5 Å². The van der Waals surface area contributed by atoms with E-state index in [-0.39, 0.29) is 18.4 Å². The molecule has 1 aromatic heterocycles. The third-order valence-electron chi connectivity index (χ3n) is 4.08. The number of carbonyl (C=O) groups is 1. The number of carbonyl (C=O) groups excluding carboxylic acids is 1. The van der Waals surface area contributed by atoms with Crippen LogP contribution in [0.3, 0.4) is 0 Å². The van der Waals surface area contributed by atoms with E-state index in [2.05, 4.69) is 10.3 Å². The second-order valence-corrected chi connectivity index (χ2v) is 6.01. The number of halogens is 2. The van der Waals surface area contributed by atoms with Crippen LogP contribution in [-0.2, 0) is 11.3 Å². The molecule has 23 heavy (non-hydrogen) atoms.